The number of benzene rings is 2. The summed E-state index contributed by atoms with van der Waals surface area (Å²) in [6.07, 6.45) is -0.201. The molecule has 0 aromatic heterocycles. The number of rotatable bonds is 18. The van der Waals surface area contributed by atoms with E-state index in [9.17, 15) is 43.3 Å². The van der Waals surface area contributed by atoms with E-state index in [2.05, 4.69) is 0 Å². The van der Waals surface area contributed by atoms with Gasteiger partial charge in [-0.2, -0.15) is 33.7 Å². The van der Waals surface area contributed by atoms with Crippen molar-refractivity contribution in [2.75, 3.05) is 59.0 Å². The molecule has 0 aliphatic heterocycles. The van der Waals surface area contributed by atoms with E-state index in [-0.39, 0.29) is 74.1 Å². The van der Waals surface area contributed by atoms with Gasteiger partial charge in [0.2, 0.25) is 0 Å². The van der Waals surface area contributed by atoms with Gasteiger partial charge < -0.3 is 9.80 Å². The minimum atomic E-state index is -4.28. The molecule has 2 aromatic rings. The average molecular weight is 727 g/mol. The summed E-state index contributed by atoms with van der Waals surface area (Å²) in [5.41, 5.74) is 0.840. The fraction of sp³-hybridized carbons (Fsp3) is 0.462. The number of hydrogen-bond acceptors (Lipinski definition) is 12. The summed E-state index contributed by atoms with van der Waals surface area (Å²) < 4.78 is 126. The Kier molecular flexibility index (Phi) is 12.1. The molecule has 4 N–H and O–H groups in total. The van der Waals surface area contributed by atoms with Gasteiger partial charge in [-0.3, -0.25) is 27.8 Å². The van der Waals surface area contributed by atoms with Crippen molar-refractivity contribution in [2.45, 2.75) is 25.7 Å². The Hall–Kier alpha value is -2.98. The lowest BCUT2D eigenvalue weighted by molar-refractivity contribution is 0.0979. The zero-order valence-electron chi connectivity index (χ0n) is 24.3. The Morgan fingerprint density at radius 3 is 0.935 bits per heavy atom. The first-order valence-corrected chi connectivity index (χ1v) is 20.3. The molecular weight excluding hydrogens is 693 g/mol. The van der Waals surface area contributed by atoms with Gasteiger partial charge in [-0.1, -0.05) is 0 Å². The molecule has 3 rings (SSSR count). The number of ketones is 2. The van der Waals surface area contributed by atoms with Crippen LogP contribution in [0.3, 0.4) is 0 Å². The van der Waals surface area contributed by atoms with Gasteiger partial charge in [-0.25, -0.2) is 0 Å². The van der Waals surface area contributed by atoms with E-state index in [4.69, 9.17) is 18.2 Å². The van der Waals surface area contributed by atoms with Crippen molar-refractivity contribution in [2.24, 2.45) is 0 Å². The van der Waals surface area contributed by atoms with Crippen LogP contribution in [0.4, 0.5) is 11.4 Å². The number of nitrogens with zero attached hydrogens (tertiary/aromatic N) is 2. The van der Waals surface area contributed by atoms with Crippen LogP contribution < -0.4 is 9.80 Å². The first-order chi connectivity index (χ1) is 21.1. The summed E-state index contributed by atoms with van der Waals surface area (Å²) in [5.74, 6) is -3.38. The molecule has 0 fully saturated rings. The van der Waals surface area contributed by atoms with E-state index in [1.807, 2.05) is 0 Å². The lowest BCUT2D eigenvalue weighted by Gasteiger charge is -2.28. The average Bonchev–Trinajstić information content (AvgIpc) is 2.91. The maximum absolute atomic E-state index is 13.6. The molecule has 0 heterocycles. The molecule has 0 saturated carbocycles. The monoisotopic (exact) mass is 726 g/mol. The van der Waals surface area contributed by atoms with E-state index < -0.39 is 75.1 Å². The van der Waals surface area contributed by atoms with Gasteiger partial charge in [0.25, 0.3) is 40.5 Å². The first-order valence-electron chi connectivity index (χ1n) is 13.8. The highest BCUT2D eigenvalue weighted by atomic mass is 32.2. The largest absolute Gasteiger partial charge is 0.371 e. The van der Waals surface area contributed by atoms with E-state index in [0.29, 0.717) is 11.4 Å². The van der Waals surface area contributed by atoms with Crippen molar-refractivity contribution in [3.05, 3.63) is 58.7 Å². The van der Waals surface area contributed by atoms with Gasteiger partial charge in [0.15, 0.2) is 11.6 Å². The lowest BCUT2D eigenvalue weighted by atomic mass is 9.83. The third-order valence-corrected chi connectivity index (χ3v) is 10.3. The van der Waals surface area contributed by atoms with Gasteiger partial charge in [0.05, 0.1) is 23.0 Å². The highest BCUT2D eigenvalue weighted by molar-refractivity contribution is 7.86. The standard InChI is InChI=1S/C26H34N2O14S4/c29-25-22-8-6-20(28(11-3-15-45(37,38)39)12-4-16-46(40,41)42)18-24(22)26(30)21-7-5-19(17-23(21)25)27(9-1-13-43(31,32)33)10-2-14-44(34,35)36/h5-8,17-18H,1-4,9-16H2,(H,31,32,33)(H,34,35,36)(H,37,38,39)(H,40,41,42). The predicted molar refractivity (Wildman–Crippen MR) is 168 cm³/mol. The maximum Gasteiger partial charge on any atom is 0.264 e. The molecule has 16 nitrogen and oxygen atoms in total. The third-order valence-electron chi connectivity index (χ3n) is 7.04. The van der Waals surface area contributed by atoms with Crippen LogP contribution >= 0.6 is 0 Å². The molecule has 0 spiro atoms. The molecule has 20 heteroatoms. The molecule has 1 aliphatic rings. The molecule has 0 bridgehead atoms. The Morgan fingerprint density at radius 2 is 0.696 bits per heavy atom. The van der Waals surface area contributed by atoms with Crippen LogP contribution in [0.15, 0.2) is 36.4 Å². The van der Waals surface area contributed by atoms with Crippen LogP contribution in [0.2, 0.25) is 0 Å². The fourth-order valence-corrected chi connectivity index (χ4v) is 6.99. The molecule has 46 heavy (non-hydrogen) atoms. The molecule has 0 radical (unpaired) electrons. The summed E-state index contributed by atoms with van der Waals surface area (Å²) in [5, 5.41) is 0. The van der Waals surface area contributed by atoms with Crippen molar-refractivity contribution < 1.29 is 61.5 Å². The number of fused-ring (bicyclic) bond motifs is 2. The van der Waals surface area contributed by atoms with Gasteiger partial charge in [-0.15, -0.1) is 0 Å². The smallest absolute Gasteiger partial charge is 0.264 e. The molecular formula is C26H34N2O14S4. The second-order valence-electron chi connectivity index (χ2n) is 10.7. The second kappa shape index (κ2) is 14.8. The van der Waals surface area contributed by atoms with E-state index in [1.165, 1.54) is 36.4 Å². The van der Waals surface area contributed by atoms with Crippen molar-refractivity contribution in [1.29, 1.82) is 0 Å². The third kappa shape index (κ3) is 11.7. The molecule has 0 amide bonds. The van der Waals surface area contributed by atoms with Crippen molar-refractivity contribution in [3.8, 4) is 0 Å². The minimum Gasteiger partial charge on any atom is -0.371 e. The zero-order valence-corrected chi connectivity index (χ0v) is 27.6. The number of anilines is 2. The molecule has 1 aliphatic carbocycles. The van der Waals surface area contributed by atoms with Crippen LogP contribution in [0.25, 0.3) is 0 Å². The molecule has 256 valence electrons. The molecule has 2 aromatic carbocycles. The Balaban J connectivity index is 1.91. The number of carbonyl (C=O) groups excluding carboxylic acids is 2. The Labute approximate surface area is 267 Å². The van der Waals surface area contributed by atoms with Gasteiger partial charge in [0, 0.05) is 59.8 Å². The van der Waals surface area contributed by atoms with Crippen molar-refractivity contribution in [3.63, 3.8) is 0 Å². The Bertz CT molecular complexity index is 1690. The van der Waals surface area contributed by atoms with E-state index in [0.717, 1.165) is 0 Å². The highest BCUT2D eigenvalue weighted by Crippen LogP contribution is 2.33. The van der Waals surface area contributed by atoms with Crippen LogP contribution in [-0.2, 0) is 40.5 Å². The van der Waals surface area contributed by atoms with E-state index >= 15 is 0 Å². The fourth-order valence-electron chi connectivity index (χ4n) is 5.01. The topological polar surface area (TPSA) is 258 Å². The van der Waals surface area contributed by atoms with E-state index in [1.54, 1.807) is 9.80 Å². The van der Waals surface area contributed by atoms with Gasteiger partial charge in [0.1, 0.15) is 0 Å². The molecule has 0 unspecified atom stereocenters. The summed E-state index contributed by atoms with van der Waals surface area (Å²) >= 11 is 0. The maximum atomic E-state index is 13.6. The number of hydrogen-bond donors (Lipinski definition) is 4. The van der Waals surface area contributed by atoms with Crippen molar-refractivity contribution >= 4 is 63.4 Å². The SMILES string of the molecule is O=C1c2ccc(N(CCCS(=O)(=O)O)CCCS(=O)(=O)O)cc2C(=O)c2ccc(N(CCCS(=O)(=O)O)CCCS(=O)(=O)O)cc21. The first kappa shape index (κ1) is 37.5. The molecule has 0 atom stereocenters. The lowest BCUT2D eigenvalue weighted by Crippen LogP contribution is -2.30. The van der Waals surface area contributed by atoms with Gasteiger partial charge in [-0.05, 0) is 62.1 Å². The zero-order chi connectivity index (χ0) is 34.5. The summed E-state index contributed by atoms with van der Waals surface area (Å²) in [4.78, 5) is 30.3. The predicted octanol–water partition coefficient (Wildman–Crippen LogP) is 1.19. The second-order valence-corrected chi connectivity index (χ2v) is 16.9. The normalized spacial score (nSPS) is 13.7. The van der Waals surface area contributed by atoms with Crippen LogP contribution in [0.5, 0.6) is 0 Å². The van der Waals surface area contributed by atoms with Crippen LogP contribution in [0, 0.1) is 0 Å². The highest BCUT2D eigenvalue weighted by Gasteiger charge is 2.31. The Morgan fingerprint density at radius 1 is 0.435 bits per heavy atom. The van der Waals surface area contributed by atoms with Crippen LogP contribution in [0.1, 0.15) is 57.5 Å². The van der Waals surface area contributed by atoms with Gasteiger partial charge >= 0.3 is 0 Å². The summed E-state index contributed by atoms with van der Waals surface area (Å²) in [6, 6.07) is 8.55. The summed E-state index contributed by atoms with van der Waals surface area (Å²) in [6.45, 7) is 0.0997. The number of carbonyl (C=O) groups is 2. The minimum absolute atomic E-state index is 0.0236. The van der Waals surface area contributed by atoms with Crippen molar-refractivity contribution in [1.82, 2.24) is 0 Å². The quantitative estimate of drug-likeness (QED) is 0.134. The summed E-state index contributed by atoms with van der Waals surface area (Å²) in [7, 11) is -17.1. The van der Waals surface area contributed by atoms with Crippen LogP contribution in [-0.4, -0.2) is 113 Å². The molecule has 0 saturated heterocycles.